The molecule has 0 amide bonds. The number of aliphatic carboxylic acids is 1. The summed E-state index contributed by atoms with van der Waals surface area (Å²) in [6, 6.07) is 11.4. The minimum Gasteiger partial charge on any atom is -0.486 e. The molecule has 0 radical (unpaired) electrons. The number of rotatable bonds is 6. The van der Waals surface area contributed by atoms with Gasteiger partial charge < -0.3 is 14.6 Å². The van der Waals surface area contributed by atoms with Crippen molar-refractivity contribution >= 4 is 43.6 Å². The van der Waals surface area contributed by atoms with E-state index in [1.165, 1.54) is 17.3 Å². The van der Waals surface area contributed by atoms with Crippen molar-refractivity contribution in [3.05, 3.63) is 52.5 Å². The summed E-state index contributed by atoms with van der Waals surface area (Å²) in [5.41, 5.74) is -0.794. The number of anilines is 1. The monoisotopic (exact) mass is 511 g/mol. The first kappa shape index (κ1) is 23.1. The van der Waals surface area contributed by atoms with E-state index in [2.05, 4.69) is 20.7 Å². The van der Waals surface area contributed by atoms with Crippen LogP contribution >= 0.6 is 15.9 Å². The molecule has 0 spiro atoms. The van der Waals surface area contributed by atoms with Crippen molar-refractivity contribution in [2.45, 2.75) is 31.3 Å². The molecular weight excluding hydrogens is 490 g/mol. The van der Waals surface area contributed by atoms with Crippen molar-refractivity contribution < 1.29 is 32.6 Å². The number of carbonyl (C=O) groups is 2. The molecule has 1 aliphatic heterocycles. The van der Waals surface area contributed by atoms with Crippen molar-refractivity contribution in [3.63, 3.8) is 0 Å². The van der Waals surface area contributed by atoms with E-state index in [9.17, 15) is 23.1 Å². The van der Waals surface area contributed by atoms with Crippen molar-refractivity contribution in [1.82, 2.24) is 0 Å². The molecule has 0 saturated carbocycles. The molecule has 1 N–H and O–H groups in total. The Morgan fingerprint density at radius 2 is 2.00 bits per heavy atom. The minimum absolute atomic E-state index is 0.105. The van der Waals surface area contributed by atoms with Crippen molar-refractivity contribution in [3.8, 4) is 5.75 Å². The zero-order valence-corrected chi connectivity index (χ0v) is 19.6. The van der Waals surface area contributed by atoms with Gasteiger partial charge in [-0.2, -0.15) is 0 Å². The lowest BCUT2D eigenvalue weighted by Gasteiger charge is -2.37. The van der Waals surface area contributed by atoms with Crippen LogP contribution in [0.3, 0.4) is 0 Å². The Balaban J connectivity index is 2.06. The number of fused-ring (bicyclic) bond motifs is 1. The fourth-order valence-electron chi connectivity index (χ4n) is 3.46. The average Bonchev–Trinajstić information content (AvgIpc) is 2.72. The van der Waals surface area contributed by atoms with Crippen molar-refractivity contribution in [2.75, 3.05) is 18.0 Å². The second kappa shape index (κ2) is 8.51. The topological polar surface area (TPSA) is 110 Å². The lowest BCUT2D eigenvalue weighted by atomic mass is 9.84. The maximum Gasteiger partial charge on any atom is 0.323 e. The van der Waals surface area contributed by atoms with E-state index >= 15 is 0 Å². The van der Waals surface area contributed by atoms with Crippen LogP contribution in [0.4, 0.5) is 5.69 Å². The van der Waals surface area contributed by atoms with Gasteiger partial charge in [0.25, 0.3) is 10.0 Å². The predicted octanol–water partition coefficient (Wildman–Crippen LogP) is 3.37. The molecule has 0 aromatic heterocycles. The van der Waals surface area contributed by atoms with Gasteiger partial charge in [0.15, 0.2) is 5.41 Å². The molecule has 8 nitrogen and oxygen atoms in total. The third-order valence-electron chi connectivity index (χ3n) is 5.17. The van der Waals surface area contributed by atoms with Crippen LogP contribution in [-0.4, -0.2) is 45.2 Å². The minimum atomic E-state index is -3.98. The Labute approximate surface area is 188 Å². The van der Waals surface area contributed by atoms with Gasteiger partial charge in [-0.15, -0.1) is 0 Å². The Morgan fingerprint density at radius 3 is 2.61 bits per heavy atom. The largest absolute Gasteiger partial charge is 0.486 e. The Hall–Kier alpha value is -2.59. The fourth-order valence-corrected chi connectivity index (χ4v) is 5.41. The highest BCUT2D eigenvalue weighted by Gasteiger charge is 2.47. The molecule has 3 rings (SSSR count). The number of aryl methyl sites for hydroxylation is 1. The number of carbonyl (C=O) groups excluding carboxylic acids is 1. The fraction of sp³-hybridized carbons (Fsp3) is 0.333. The summed E-state index contributed by atoms with van der Waals surface area (Å²) in [6.07, 6.45) is -1.17. The second-order valence-corrected chi connectivity index (χ2v) is 10.3. The number of carboxylic acids is 1. The van der Waals surface area contributed by atoms with Gasteiger partial charge in [0.05, 0.1) is 24.2 Å². The molecule has 1 aliphatic rings. The summed E-state index contributed by atoms with van der Waals surface area (Å²) in [7, 11) is -2.88. The molecule has 10 heteroatoms. The number of carboxylic acid groups (broad SMARTS) is 1. The number of benzene rings is 2. The molecule has 0 fully saturated rings. The van der Waals surface area contributed by atoms with Crippen LogP contribution < -0.4 is 9.04 Å². The highest BCUT2D eigenvalue weighted by Crippen LogP contribution is 2.41. The maximum atomic E-state index is 13.5. The summed E-state index contributed by atoms with van der Waals surface area (Å²) >= 11 is 3.35. The molecule has 2 atom stereocenters. The third-order valence-corrected chi connectivity index (χ3v) is 7.44. The van der Waals surface area contributed by atoms with Crippen LogP contribution in [0.25, 0.3) is 0 Å². The molecule has 2 aromatic rings. The molecule has 166 valence electrons. The number of hydrogen-bond donors (Lipinski definition) is 1. The quantitative estimate of drug-likeness (QED) is 0.467. The van der Waals surface area contributed by atoms with Crippen molar-refractivity contribution in [2.24, 2.45) is 5.41 Å². The van der Waals surface area contributed by atoms with Crippen LogP contribution in [0, 0.1) is 12.3 Å². The van der Waals surface area contributed by atoms with Gasteiger partial charge in [0.2, 0.25) is 0 Å². The molecule has 2 aromatic carbocycles. The molecule has 0 saturated heterocycles. The third kappa shape index (κ3) is 4.40. The smallest absolute Gasteiger partial charge is 0.323 e. The zero-order valence-electron chi connectivity index (χ0n) is 17.2. The first-order chi connectivity index (χ1) is 14.5. The van der Waals surface area contributed by atoms with Gasteiger partial charge in [-0.25, -0.2) is 8.42 Å². The number of esters is 1. The van der Waals surface area contributed by atoms with Crippen LogP contribution in [0.15, 0.2) is 51.8 Å². The molecule has 0 aliphatic carbocycles. The van der Waals surface area contributed by atoms with Crippen LogP contribution in [-0.2, 0) is 24.3 Å². The number of sulfonamides is 1. The zero-order chi connectivity index (χ0) is 23.0. The molecule has 1 unspecified atom stereocenters. The predicted molar refractivity (Wildman–Crippen MR) is 117 cm³/mol. The summed E-state index contributed by atoms with van der Waals surface area (Å²) < 4.78 is 39.4. The highest BCUT2D eigenvalue weighted by molar-refractivity contribution is 9.10. The first-order valence-electron chi connectivity index (χ1n) is 9.36. The van der Waals surface area contributed by atoms with Crippen molar-refractivity contribution in [1.29, 1.82) is 0 Å². The number of ether oxygens (including phenoxy) is 2. The number of nitrogens with zero attached hydrogens (tertiary/aromatic N) is 1. The van der Waals surface area contributed by atoms with E-state index in [1.54, 1.807) is 43.3 Å². The van der Waals surface area contributed by atoms with E-state index in [0.717, 1.165) is 12.7 Å². The molecule has 0 bridgehead atoms. The Kier molecular flexibility index (Phi) is 6.33. The van der Waals surface area contributed by atoms with Gasteiger partial charge in [-0.3, -0.25) is 13.9 Å². The standard InChI is InChI=1S/C21H22BrNO7S/c1-13-5-4-6-16(9-13)31(27,28)23-12-15(11-21(2,19(24)25)20(26)29-3)30-18-8-7-14(22)10-17(18)23/h4-10,15H,11-12H2,1-3H3,(H,24,25)/t15-,21?/m0/s1. The van der Waals surface area contributed by atoms with E-state index < -0.39 is 33.5 Å². The van der Waals surface area contributed by atoms with Crippen LogP contribution in [0.5, 0.6) is 5.75 Å². The van der Waals surface area contributed by atoms with E-state index in [-0.39, 0.29) is 23.6 Å². The normalized spacial score (nSPS) is 17.8. The SMILES string of the molecule is COC(=O)C(C)(C[C@H]1CN(S(=O)(=O)c2cccc(C)c2)c2cc(Br)ccc2O1)C(=O)O. The summed E-state index contributed by atoms with van der Waals surface area (Å²) in [5.74, 6) is -2.04. The van der Waals surface area contributed by atoms with Gasteiger partial charge >= 0.3 is 11.9 Å². The maximum absolute atomic E-state index is 13.5. The highest BCUT2D eigenvalue weighted by atomic mass is 79.9. The van der Waals surface area contributed by atoms with Gasteiger partial charge in [-0.05, 0) is 49.7 Å². The molecule has 31 heavy (non-hydrogen) atoms. The molecule has 1 heterocycles. The average molecular weight is 512 g/mol. The van der Waals surface area contributed by atoms with Gasteiger partial charge in [0, 0.05) is 10.9 Å². The van der Waals surface area contributed by atoms with Crippen LogP contribution in [0.1, 0.15) is 18.9 Å². The Bertz CT molecular complexity index is 1130. The molecular formula is C21H22BrNO7S. The number of methoxy groups -OCH3 is 1. The lowest BCUT2D eigenvalue weighted by molar-refractivity contribution is -0.167. The Morgan fingerprint density at radius 1 is 1.29 bits per heavy atom. The summed E-state index contributed by atoms with van der Waals surface area (Å²) in [4.78, 5) is 24.1. The second-order valence-electron chi connectivity index (χ2n) is 7.54. The summed E-state index contributed by atoms with van der Waals surface area (Å²) in [6.45, 7) is 2.86. The van der Waals surface area contributed by atoms with E-state index in [4.69, 9.17) is 4.74 Å². The summed E-state index contributed by atoms with van der Waals surface area (Å²) in [5, 5.41) is 9.64. The van der Waals surface area contributed by atoms with Gasteiger partial charge in [0.1, 0.15) is 11.9 Å². The van der Waals surface area contributed by atoms with Crippen LogP contribution in [0.2, 0.25) is 0 Å². The lowest BCUT2D eigenvalue weighted by Crippen LogP contribution is -2.48. The van der Waals surface area contributed by atoms with Gasteiger partial charge in [-0.1, -0.05) is 28.1 Å². The van der Waals surface area contributed by atoms with E-state index in [1.807, 2.05) is 0 Å². The van der Waals surface area contributed by atoms with E-state index in [0.29, 0.717) is 10.2 Å². The number of hydrogen-bond acceptors (Lipinski definition) is 6. The number of halogens is 1. The first-order valence-corrected chi connectivity index (χ1v) is 11.6.